The van der Waals surface area contributed by atoms with Gasteiger partial charge in [-0.15, -0.1) is 0 Å². The molecule has 1 aromatic carbocycles. The van der Waals surface area contributed by atoms with Crippen molar-refractivity contribution < 1.29 is 9.53 Å². The van der Waals surface area contributed by atoms with E-state index in [1.165, 1.54) is 0 Å². The normalized spacial score (nSPS) is 17.3. The lowest BCUT2D eigenvalue weighted by atomic mass is 10.1. The Labute approximate surface area is 158 Å². The molecule has 1 atom stereocenters. The van der Waals surface area contributed by atoms with Crippen LogP contribution in [0.3, 0.4) is 0 Å². The average molecular weight is 364 g/mol. The van der Waals surface area contributed by atoms with Crippen molar-refractivity contribution >= 4 is 11.6 Å². The minimum Gasteiger partial charge on any atom is -0.486 e. The maximum atomic E-state index is 13.0. The first-order chi connectivity index (χ1) is 13.1. The molecule has 6 nitrogen and oxygen atoms in total. The summed E-state index contributed by atoms with van der Waals surface area (Å²) in [6.45, 7) is 6.69. The van der Waals surface area contributed by atoms with Crippen molar-refractivity contribution in [3.05, 3.63) is 65.6 Å². The summed E-state index contributed by atoms with van der Waals surface area (Å²) in [6, 6.07) is 11.8. The second-order valence-corrected chi connectivity index (χ2v) is 7.05. The summed E-state index contributed by atoms with van der Waals surface area (Å²) in [6.07, 6.45) is 3.94. The Morgan fingerprint density at radius 2 is 2.15 bits per heavy atom. The molecule has 1 aliphatic heterocycles. The zero-order valence-electron chi connectivity index (χ0n) is 15.7. The SMILES string of the molecule is Cc1cccn2cc(COc3ccccc3C(=O)N3CCNC(C)C3)nc12. The molecule has 1 fully saturated rings. The monoisotopic (exact) mass is 364 g/mol. The summed E-state index contributed by atoms with van der Waals surface area (Å²) in [7, 11) is 0. The number of piperazine rings is 1. The van der Waals surface area contributed by atoms with Gasteiger partial charge in [0.2, 0.25) is 0 Å². The second kappa shape index (κ2) is 7.40. The molecule has 27 heavy (non-hydrogen) atoms. The Morgan fingerprint density at radius 3 is 2.96 bits per heavy atom. The fraction of sp³-hybridized carbons (Fsp3) is 0.333. The molecule has 1 aliphatic rings. The van der Waals surface area contributed by atoms with E-state index in [2.05, 4.69) is 17.2 Å². The molecule has 0 saturated carbocycles. The molecule has 140 valence electrons. The van der Waals surface area contributed by atoms with Gasteiger partial charge in [-0.2, -0.15) is 0 Å². The first-order valence-corrected chi connectivity index (χ1v) is 9.29. The zero-order valence-corrected chi connectivity index (χ0v) is 15.7. The van der Waals surface area contributed by atoms with Crippen LogP contribution in [0.4, 0.5) is 0 Å². The molecular weight excluding hydrogens is 340 g/mol. The molecule has 0 aliphatic carbocycles. The van der Waals surface area contributed by atoms with Crippen LogP contribution in [-0.4, -0.2) is 45.9 Å². The third-order valence-electron chi connectivity index (χ3n) is 4.88. The number of nitrogens with zero attached hydrogens (tertiary/aromatic N) is 3. The van der Waals surface area contributed by atoms with Gasteiger partial charge in [0.05, 0.1) is 11.3 Å². The number of carbonyl (C=O) groups excluding carboxylic acids is 1. The first-order valence-electron chi connectivity index (χ1n) is 9.29. The van der Waals surface area contributed by atoms with Crippen LogP contribution in [0.1, 0.15) is 28.5 Å². The topological polar surface area (TPSA) is 58.9 Å². The van der Waals surface area contributed by atoms with E-state index in [1.807, 2.05) is 65.0 Å². The fourth-order valence-corrected chi connectivity index (χ4v) is 3.48. The van der Waals surface area contributed by atoms with Crippen LogP contribution in [0.2, 0.25) is 0 Å². The number of rotatable bonds is 4. The fourth-order valence-electron chi connectivity index (χ4n) is 3.48. The van der Waals surface area contributed by atoms with Crippen molar-refractivity contribution in [2.24, 2.45) is 0 Å². The molecule has 1 N–H and O–H groups in total. The lowest BCUT2D eigenvalue weighted by molar-refractivity contribution is 0.0704. The molecule has 1 saturated heterocycles. The summed E-state index contributed by atoms with van der Waals surface area (Å²) < 4.78 is 7.99. The highest BCUT2D eigenvalue weighted by molar-refractivity contribution is 5.97. The smallest absolute Gasteiger partial charge is 0.257 e. The second-order valence-electron chi connectivity index (χ2n) is 7.05. The number of hydrogen-bond donors (Lipinski definition) is 1. The first kappa shape index (κ1) is 17.5. The van der Waals surface area contributed by atoms with Crippen molar-refractivity contribution in [3.63, 3.8) is 0 Å². The summed E-state index contributed by atoms with van der Waals surface area (Å²) in [4.78, 5) is 19.5. The Bertz CT molecular complexity index is 966. The van der Waals surface area contributed by atoms with Crippen molar-refractivity contribution in [1.82, 2.24) is 19.6 Å². The molecular formula is C21H24N4O2. The molecule has 6 heteroatoms. The van der Waals surface area contributed by atoms with Crippen molar-refractivity contribution in [2.45, 2.75) is 26.5 Å². The number of amides is 1. The van der Waals surface area contributed by atoms with Gasteiger partial charge in [-0.25, -0.2) is 4.98 Å². The number of hydrogen-bond acceptors (Lipinski definition) is 4. The van der Waals surface area contributed by atoms with Crippen molar-refractivity contribution in [1.29, 1.82) is 0 Å². The van der Waals surface area contributed by atoms with Crippen LogP contribution in [-0.2, 0) is 6.61 Å². The third-order valence-corrected chi connectivity index (χ3v) is 4.88. The van der Waals surface area contributed by atoms with E-state index >= 15 is 0 Å². The standard InChI is InChI=1S/C21H24N4O2/c1-15-6-5-10-24-13-17(23-20(15)24)14-27-19-8-4-3-7-18(19)21(26)25-11-9-22-16(2)12-25/h3-8,10,13,16,22H,9,11-12,14H2,1-2H3. The summed E-state index contributed by atoms with van der Waals surface area (Å²) >= 11 is 0. The Hall–Kier alpha value is -2.86. The number of para-hydroxylation sites is 1. The average Bonchev–Trinajstić information content (AvgIpc) is 3.11. The number of ether oxygens (including phenoxy) is 1. The van der Waals surface area contributed by atoms with E-state index in [9.17, 15) is 4.79 Å². The Morgan fingerprint density at radius 1 is 1.30 bits per heavy atom. The van der Waals surface area contributed by atoms with Crippen molar-refractivity contribution in [3.8, 4) is 5.75 Å². The minimum absolute atomic E-state index is 0.0183. The quantitative estimate of drug-likeness (QED) is 0.773. The lowest BCUT2D eigenvalue weighted by Gasteiger charge is -2.32. The zero-order chi connectivity index (χ0) is 18.8. The van der Waals surface area contributed by atoms with Gasteiger partial charge in [0, 0.05) is 38.1 Å². The maximum Gasteiger partial charge on any atom is 0.257 e. The number of fused-ring (bicyclic) bond motifs is 1. The Kier molecular flexibility index (Phi) is 4.81. The molecule has 3 heterocycles. The molecule has 0 spiro atoms. The highest BCUT2D eigenvalue weighted by Gasteiger charge is 2.24. The largest absolute Gasteiger partial charge is 0.486 e. The van der Waals surface area contributed by atoms with Gasteiger partial charge in [0.25, 0.3) is 5.91 Å². The van der Waals surface area contributed by atoms with Crippen LogP contribution in [0.25, 0.3) is 5.65 Å². The lowest BCUT2D eigenvalue weighted by Crippen LogP contribution is -2.51. The molecule has 2 aromatic heterocycles. The van der Waals surface area contributed by atoms with E-state index in [0.29, 0.717) is 37.1 Å². The summed E-state index contributed by atoms with van der Waals surface area (Å²) in [5, 5.41) is 3.36. The highest BCUT2D eigenvalue weighted by atomic mass is 16.5. The van der Waals surface area contributed by atoms with E-state index in [4.69, 9.17) is 4.74 Å². The number of aromatic nitrogens is 2. The number of pyridine rings is 1. The van der Waals surface area contributed by atoms with E-state index in [0.717, 1.165) is 23.4 Å². The predicted octanol–water partition coefficient (Wildman–Crippen LogP) is 2.66. The van der Waals surface area contributed by atoms with E-state index in [-0.39, 0.29) is 5.91 Å². The van der Waals surface area contributed by atoms with Gasteiger partial charge < -0.3 is 19.4 Å². The summed E-state index contributed by atoms with van der Waals surface area (Å²) in [5.74, 6) is 0.618. The number of aryl methyl sites for hydroxylation is 1. The minimum atomic E-state index is 0.0183. The highest BCUT2D eigenvalue weighted by Crippen LogP contribution is 2.22. The number of imidazole rings is 1. The van der Waals surface area contributed by atoms with Crippen LogP contribution in [0.5, 0.6) is 5.75 Å². The van der Waals surface area contributed by atoms with Gasteiger partial charge >= 0.3 is 0 Å². The maximum absolute atomic E-state index is 13.0. The van der Waals surface area contributed by atoms with E-state index in [1.54, 1.807) is 0 Å². The summed E-state index contributed by atoms with van der Waals surface area (Å²) in [5.41, 5.74) is 3.48. The van der Waals surface area contributed by atoms with Gasteiger partial charge in [0.1, 0.15) is 18.0 Å². The molecule has 3 aromatic rings. The van der Waals surface area contributed by atoms with Gasteiger partial charge in [0.15, 0.2) is 0 Å². The van der Waals surface area contributed by atoms with Crippen LogP contribution >= 0.6 is 0 Å². The molecule has 1 amide bonds. The number of benzene rings is 1. The molecule has 0 bridgehead atoms. The van der Waals surface area contributed by atoms with Crippen LogP contribution in [0.15, 0.2) is 48.8 Å². The Balaban J connectivity index is 1.52. The van der Waals surface area contributed by atoms with Gasteiger partial charge in [-0.3, -0.25) is 4.79 Å². The van der Waals surface area contributed by atoms with E-state index < -0.39 is 0 Å². The number of nitrogens with one attached hydrogen (secondary N) is 1. The third kappa shape index (κ3) is 3.66. The molecule has 1 unspecified atom stereocenters. The molecule has 0 radical (unpaired) electrons. The van der Waals surface area contributed by atoms with Crippen LogP contribution in [0, 0.1) is 6.92 Å². The molecule has 4 rings (SSSR count). The van der Waals surface area contributed by atoms with Crippen molar-refractivity contribution in [2.75, 3.05) is 19.6 Å². The van der Waals surface area contributed by atoms with Crippen LogP contribution < -0.4 is 10.1 Å². The van der Waals surface area contributed by atoms with Gasteiger partial charge in [-0.1, -0.05) is 18.2 Å². The van der Waals surface area contributed by atoms with Gasteiger partial charge in [-0.05, 0) is 37.6 Å². The predicted molar refractivity (Wildman–Crippen MR) is 104 cm³/mol. The number of carbonyl (C=O) groups is 1.